The Kier molecular flexibility index (Phi) is 10.6. The zero-order valence-electron chi connectivity index (χ0n) is 20.1. The maximum absolute atomic E-state index is 13.0. The van der Waals surface area contributed by atoms with Crippen LogP contribution < -0.4 is 11.1 Å². The maximum Gasteiger partial charge on any atom is 0.326 e. The number of hydrogen-bond acceptors (Lipinski definition) is 5. The number of nitrogens with one attached hydrogen (secondary N) is 2. The Bertz CT molecular complexity index is 1070. The van der Waals surface area contributed by atoms with Crippen molar-refractivity contribution < 1.29 is 29.4 Å². The largest absolute Gasteiger partial charge is 0.481 e. The number of nitrogens with two attached hydrogens (primary N) is 1. The number of hydrogen-bond donors (Lipinski definition) is 5. The number of carbonyl (C=O) groups is 4. The van der Waals surface area contributed by atoms with Gasteiger partial charge in [0.15, 0.2) is 0 Å². The minimum Gasteiger partial charge on any atom is -0.481 e. The fourth-order valence-corrected chi connectivity index (χ4v) is 3.73. The molecule has 192 valence electrons. The van der Waals surface area contributed by atoms with Gasteiger partial charge >= 0.3 is 11.9 Å². The summed E-state index contributed by atoms with van der Waals surface area (Å²) in [5, 5.41) is 28.8. The number of carboxylic acids is 2. The van der Waals surface area contributed by atoms with Crippen LogP contribution in [0.15, 0.2) is 54.6 Å². The smallest absolute Gasteiger partial charge is 0.326 e. The van der Waals surface area contributed by atoms with Crippen molar-refractivity contribution in [3.05, 3.63) is 71.3 Å². The van der Waals surface area contributed by atoms with Gasteiger partial charge in [0.2, 0.25) is 11.8 Å². The molecule has 2 atom stereocenters. The average Bonchev–Trinajstić information content (AvgIpc) is 2.84. The minimum atomic E-state index is -1.38. The van der Waals surface area contributed by atoms with E-state index in [2.05, 4.69) is 5.32 Å². The molecule has 0 saturated heterocycles. The monoisotopic (exact) mass is 496 g/mol. The Balaban J connectivity index is 1.94. The highest BCUT2D eigenvalue weighted by atomic mass is 16.4. The van der Waals surface area contributed by atoms with Crippen molar-refractivity contribution in [2.75, 3.05) is 7.05 Å². The van der Waals surface area contributed by atoms with Crippen molar-refractivity contribution in [2.24, 2.45) is 5.73 Å². The molecule has 0 saturated carbocycles. The first-order chi connectivity index (χ1) is 17.1. The van der Waals surface area contributed by atoms with Crippen LogP contribution in [0, 0.1) is 5.41 Å². The molecule has 2 rings (SSSR count). The van der Waals surface area contributed by atoms with Gasteiger partial charge in [0.25, 0.3) is 0 Å². The van der Waals surface area contributed by atoms with Crippen LogP contribution in [0.4, 0.5) is 0 Å². The topological polar surface area (TPSA) is 174 Å². The lowest BCUT2D eigenvalue weighted by atomic mass is 10.0. The summed E-state index contributed by atoms with van der Waals surface area (Å²) in [6.45, 7) is 0. The highest BCUT2D eigenvalue weighted by Gasteiger charge is 2.33. The van der Waals surface area contributed by atoms with Crippen LogP contribution in [-0.4, -0.2) is 63.8 Å². The molecule has 0 aliphatic heterocycles. The molecule has 2 amide bonds. The normalized spacial score (nSPS) is 12.2. The lowest BCUT2D eigenvalue weighted by Crippen LogP contribution is -2.53. The number of amidine groups is 1. The van der Waals surface area contributed by atoms with E-state index in [1.165, 1.54) is 7.05 Å². The van der Waals surface area contributed by atoms with Gasteiger partial charge in [0.05, 0.1) is 6.42 Å². The van der Waals surface area contributed by atoms with E-state index in [4.69, 9.17) is 11.1 Å². The molecule has 10 nitrogen and oxygen atoms in total. The minimum absolute atomic E-state index is 0.0101. The number of aliphatic carboxylic acids is 2. The van der Waals surface area contributed by atoms with Gasteiger partial charge in [-0.25, -0.2) is 4.79 Å². The molecule has 0 unspecified atom stereocenters. The first kappa shape index (κ1) is 28.0. The van der Waals surface area contributed by atoms with Gasteiger partial charge < -0.3 is 26.2 Å². The second-order valence-corrected chi connectivity index (χ2v) is 8.53. The summed E-state index contributed by atoms with van der Waals surface area (Å²) in [4.78, 5) is 49.6. The highest BCUT2D eigenvalue weighted by molar-refractivity contribution is 5.95. The third kappa shape index (κ3) is 8.86. The predicted molar refractivity (Wildman–Crippen MR) is 134 cm³/mol. The Morgan fingerprint density at radius 2 is 1.61 bits per heavy atom. The number of carbonyl (C=O) groups excluding carboxylic acids is 2. The van der Waals surface area contributed by atoms with Crippen LogP contribution in [0.5, 0.6) is 0 Å². The molecule has 0 spiro atoms. The van der Waals surface area contributed by atoms with E-state index in [1.807, 2.05) is 12.1 Å². The number of benzene rings is 2. The predicted octanol–water partition coefficient (Wildman–Crippen LogP) is 1.80. The fourth-order valence-electron chi connectivity index (χ4n) is 3.73. The van der Waals surface area contributed by atoms with Gasteiger partial charge in [-0.05, 0) is 30.4 Å². The van der Waals surface area contributed by atoms with Crippen LogP contribution >= 0.6 is 0 Å². The number of rotatable bonds is 14. The van der Waals surface area contributed by atoms with E-state index in [0.717, 1.165) is 10.5 Å². The molecule has 2 aromatic rings. The van der Waals surface area contributed by atoms with Gasteiger partial charge in [-0.1, -0.05) is 54.6 Å². The molecule has 0 aliphatic carbocycles. The second kappa shape index (κ2) is 13.6. The van der Waals surface area contributed by atoms with Crippen LogP contribution in [0.25, 0.3) is 0 Å². The molecule has 2 aromatic carbocycles. The number of unbranched alkanes of at least 4 members (excludes halogenated alkanes) is 1. The third-order valence-corrected chi connectivity index (χ3v) is 5.77. The molecule has 0 radical (unpaired) electrons. The van der Waals surface area contributed by atoms with Gasteiger partial charge in [0, 0.05) is 25.5 Å². The Morgan fingerprint density at radius 1 is 0.972 bits per heavy atom. The van der Waals surface area contributed by atoms with Crippen molar-refractivity contribution >= 4 is 29.6 Å². The summed E-state index contributed by atoms with van der Waals surface area (Å²) in [6, 6.07) is 13.4. The Labute approximate surface area is 209 Å². The molecule has 0 bridgehead atoms. The van der Waals surface area contributed by atoms with Gasteiger partial charge in [-0.2, -0.15) is 0 Å². The van der Waals surface area contributed by atoms with Crippen molar-refractivity contribution in [3.8, 4) is 0 Å². The zero-order valence-corrected chi connectivity index (χ0v) is 20.1. The lowest BCUT2D eigenvalue weighted by molar-refractivity contribution is -0.151. The van der Waals surface area contributed by atoms with Crippen LogP contribution in [0.1, 0.15) is 42.4 Å². The summed E-state index contributed by atoms with van der Waals surface area (Å²) in [5.41, 5.74) is 7.81. The molecule has 36 heavy (non-hydrogen) atoms. The Hall–Kier alpha value is -4.21. The van der Waals surface area contributed by atoms with Crippen LogP contribution in [0.2, 0.25) is 0 Å². The van der Waals surface area contributed by atoms with Crippen LogP contribution in [0.3, 0.4) is 0 Å². The standard InChI is InChI=1S/C26H32N4O6/c1-30(21(26(35)36)15-18-8-3-2-4-9-18)25(34)20(16-23(32)33)29-22(31)10-6-5-7-17-11-13-19(14-12-17)24(27)28/h2-4,8-9,11-14,20-21H,5-7,10,15-16H2,1H3,(H3,27,28)(H,29,31)(H,32,33)(H,35,36)/t20-,21-/m0/s1. The number of nitrogen functional groups attached to an aromatic ring is 1. The zero-order chi connectivity index (χ0) is 26.7. The van der Waals surface area contributed by atoms with E-state index in [0.29, 0.717) is 30.4 Å². The SMILES string of the molecule is CN(C(=O)[C@H](CC(=O)O)NC(=O)CCCCc1ccc(C(=N)N)cc1)[C@@H](Cc1ccccc1)C(=O)O. The van der Waals surface area contributed by atoms with Crippen LogP contribution in [-0.2, 0) is 32.0 Å². The Morgan fingerprint density at radius 3 is 2.17 bits per heavy atom. The molecular formula is C26H32N4O6. The summed E-state index contributed by atoms with van der Waals surface area (Å²) >= 11 is 0. The number of nitrogens with zero attached hydrogens (tertiary/aromatic N) is 1. The van der Waals surface area contributed by atoms with Crippen molar-refractivity contribution in [3.63, 3.8) is 0 Å². The summed E-state index contributed by atoms with van der Waals surface area (Å²) in [6.07, 6.45) is 1.36. The second-order valence-electron chi connectivity index (χ2n) is 8.53. The molecule has 6 N–H and O–H groups in total. The number of carboxylic acid groups (broad SMARTS) is 2. The van der Waals surface area contributed by atoms with Crippen molar-refractivity contribution in [1.29, 1.82) is 5.41 Å². The highest BCUT2D eigenvalue weighted by Crippen LogP contribution is 2.12. The van der Waals surface area contributed by atoms with E-state index >= 15 is 0 Å². The molecule has 0 fully saturated rings. The third-order valence-electron chi connectivity index (χ3n) is 5.77. The summed E-state index contributed by atoms with van der Waals surface area (Å²) in [7, 11) is 1.29. The van der Waals surface area contributed by atoms with Gasteiger partial charge in [0.1, 0.15) is 17.9 Å². The lowest BCUT2D eigenvalue weighted by Gasteiger charge is -2.29. The van der Waals surface area contributed by atoms with Crippen molar-refractivity contribution in [1.82, 2.24) is 10.2 Å². The molecular weight excluding hydrogens is 464 g/mol. The van der Waals surface area contributed by atoms with Gasteiger partial charge in [-0.3, -0.25) is 19.8 Å². The molecule has 0 heterocycles. The average molecular weight is 497 g/mol. The number of aryl methyl sites for hydroxylation is 1. The first-order valence-electron chi connectivity index (χ1n) is 11.6. The van der Waals surface area contributed by atoms with E-state index in [-0.39, 0.29) is 18.7 Å². The first-order valence-corrected chi connectivity index (χ1v) is 11.6. The molecule has 0 aromatic heterocycles. The quantitative estimate of drug-likeness (QED) is 0.151. The van der Waals surface area contributed by atoms with E-state index in [9.17, 15) is 29.4 Å². The van der Waals surface area contributed by atoms with Crippen molar-refractivity contribution in [2.45, 2.75) is 50.6 Å². The molecule has 0 aliphatic rings. The molecule has 10 heteroatoms. The summed E-state index contributed by atoms with van der Waals surface area (Å²) < 4.78 is 0. The number of amides is 2. The number of likely N-dealkylation sites (N-methyl/N-ethyl adjacent to an activating group) is 1. The van der Waals surface area contributed by atoms with E-state index < -0.39 is 42.3 Å². The fraction of sp³-hybridized carbons (Fsp3) is 0.346. The summed E-state index contributed by atoms with van der Waals surface area (Å²) in [5.74, 6) is -3.79. The maximum atomic E-state index is 13.0. The van der Waals surface area contributed by atoms with E-state index in [1.54, 1.807) is 42.5 Å². The van der Waals surface area contributed by atoms with Gasteiger partial charge in [-0.15, -0.1) is 0 Å².